The van der Waals surface area contributed by atoms with E-state index in [1.165, 1.54) is 16.9 Å². The molecule has 0 unspecified atom stereocenters. The number of unbranched alkanes of at least 4 members (excludes halogenated alkanes) is 1. The smallest absolute Gasteiger partial charge is 0.109 e. The van der Waals surface area contributed by atoms with Crippen LogP contribution in [0.4, 0.5) is 0 Å². The summed E-state index contributed by atoms with van der Waals surface area (Å²) in [5.74, 6) is 1.21. The lowest BCUT2D eigenvalue weighted by molar-refractivity contribution is 0.627. The third kappa shape index (κ3) is 2.72. The number of hydrogen-bond donors (Lipinski definition) is 1. The third-order valence-electron chi connectivity index (χ3n) is 3.28. The molecule has 1 aromatic carbocycles. The summed E-state index contributed by atoms with van der Waals surface area (Å²) in [6.07, 6.45) is 4.38. The number of fused-ring (bicyclic) bond motifs is 1. The molecule has 0 radical (unpaired) electrons. The molecule has 0 spiro atoms. The molecule has 2 N–H and O–H groups in total. The van der Waals surface area contributed by atoms with Crippen LogP contribution in [0.25, 0.3) is 11.0 Å². The Kier molecular flexibility index (Phi) is 4.37. The highest BCUT2D eigenvalue weighted by molar-refractivity contribution is 5.76. The molecular weight excluding hydrogens is 222 g/mol. The van der Waals surface area contributed by atoms with Crippen molar-refractivity contribution in [1.82, 2.24) is 9.55 Å². The number of nitrogens with zero attached hydrogens (tertiary/aromatic N) is 2. The molecule has 98 valence electrons. The summed E-state index contributed by atoms with van der Waals surface area (Å²) in [5.41, 5.74) is 9.23. The van der Waals surface area contributed by atoms with Gasteiger partial charge in [-0.25, -0.2) is 4.98 Å². The second kappa shape index (κ2) is 6.01. The van der Waals surface area contributed by atoms with Crippen LogP contribution in [0, 0.1) is 6.92 Å². The van der Waals surface area contributed by atoms with E-state index in [9.17, 15) is 0 Å². The van der Waals surface area contributed by atoms with Crippen molar-refractivity contribution in [2.24, 2.45) is 5.73 Å². The first-order chi connectivity index (χ1) is 8.76. The third-order valence-corrected chi connectivity index (χ3v) is 3.28. The zero-order chi connectivity index (χ0) is 13.0. The van der Waals surface area contributed by atoms with Gasteiger partial charge in [0.25, 0.3) is 0 Å². The number of aryl methyl sites for hydroxylation is 3. The van der Waals surface area contributed by atoms with Gasteiger partial charge < -0.3 is 10.3 Å². The molecule has 2 aromatic rings. The molecule has 0 saturated heterocycles. The Morgan fingerprint density at radius 2 is 2.11 bits per heavy atom. The van der Waals surface area contributed by atoms with E-state index in [4.69, 9.17) is 10.7 Å². The van der Waals surface area contributed by atoms with Gasteiger partial charge in [-0.05, 0) is 50.4 Å². The molecule has 0 amide bonds. The molecule has 0 atom stereocenters. The van der Waals surface area contributed by atoms with Crippen LogP contribution in [0.1, 0.15) is 37.6 Å². The molecule has 0 bridgehead atoms. The Balaban J connectivity index is 2.34. The van der Waals surface area contributed by atoms with Crippen molar-refractivity contribution in [3.63, 3.8) is 0 Å². The summed E-state index contributed by atoms with van der Waals surface area (Å²) >= 11 is 0. The summed E-state index contributed by atoms with van der Waals surface area (Å²) < 4.78 is 2.37. The number of benzene rings is 1. The van der Waals surface area contributed by atoms with Gasteiger partial charge >= 0.3 is 0 Å². The summed E-state index contributed by atoms with van der Waals surface area (Å²) in [6.45, 7) is 6.15. The van der Waals surface area contributed by atoms with Crippen LogP contribution in [-0.2, 0) is 13.0 Å². The zero-order valence-electron chi connectivity index (χ0n) is 11.4. The minimum Gasteiger partial charge on any atom is -0.330 e. The van der Waals surface area contributed by atoms with Crippen LogP contribution >= 0.6 is 0 Å². The summed E-state index contributed by atoms with van der Waals surface area (Å²) in [7, 11) is 0. The van der Waals surface area contributed by atoms with Crippen LogP contribution in [0.3, 0.4) is 0 Å². The number of nitrogens with two attached hydrogens (primary N) is 1. The van der Waals surface area contributed by atoms with E-state index in [1.54, 1.807) is 0 Å². The average molecular weight is 245 g/mol. The van der Waals surface area contributed by atoms with Crippen molar-refractivity contribution in [2.75, 3.05) is 6.54 Å². The van der Waals surface area contributed by atoms with Gasteiger partial charge in [-0.15, -0.1) is 0 Å². The SMILES string of the molecule is CCCn1c(CCCCN)nc2cc(C)ccc21. The number of imidazole rings is 1. The van der Waals surface area contributed by atoms with Crippen molar-refractivity contribution in [1.29, 1.82) is 0 Å². The van der Waals surface area contributed by atoms with E-state index < -0.39 is 0 Å². The molecular formula is C15H23N3. The maximum absolute atomic E-state index is 5.56. The lowest BCUT2D eigenvalue weighted by Gasteiger charge is -2.07. The number of rotatable bonds is 6. The highest BCUT2D eigenvalue weighted by atomic mass is 15.1. The largest absolute Gasteiger partial charge is 0.330 e. The van der Waals surface area contributed by atoms with Gasteiger partial charge in [0.05, 0.1) is 11.0 Å². The molecule has 3 heteroatoms. The summed E-state index contributed by atoms with van der Waals surface area (Å²) in [5, 5.41) is 0. The molecule has 1 heterocycles. The van der Waals surface area contributed by atoms with E-state index in [1.807, 2.05) is 0 Å². The zero-order valence-corrected chi connectivity index (χ0v) is 11.4. The Morgan fingerprint density at radius 1 is 1.28 bits per heavy atom. The molecule has 0 aliphatic rings. The first-order valence-corrected chi connectivity index (χ1v) is 6.92. The van der Waals surface area contributed by atoms with Crippen LogP contribution in [-0.4, -0.2) is 16.1 Å². The van der Waals surface area contributed by atoms with E-state index in [0.717, 1.165) is 44.3 Å². The van der Waals surface area contributed by atoms with Gasteiger partial charge in [0.15, 0.2) is 0 Å². The predicted octanol–water partition coefficient (Wildman–Crippen LogP) is 3.04. The Labute approximate surface area is 109 Å². The topological polar surface area (TPSA) is 43.8 Å². The van der Waals surface area contributed by atoms with Gasteiger partial charge in [-0.3, -0.25) is 0 Å². The average Bonchev–Trinajstić information content (AvgIpc) is 2.68. The van der Waals surface area contributed by atoms with Crippen molar-refractivity contribution in [2.45, 2.75) is 46.1 Å². The number of aromatic nitrogens is 2. The Hall–Kier alpha value is -1.35. The van der Waals surface area contributed by atoms with E-state index in [-0.39, 0.29) is 0 Å². The fourth-order valence-corrected chi connectivity index (χ4v) is 2.38. The molecule has 0 saturated carbocycles. The monoisotopic (exact) mass is 245 g/mol. The fraction of sp³-hybridized carbons (Fsp3) is 0.533. The van der Waals surface area contributed by atoms with Crippen molar-refractivity contribution < 1.29 is 0 Å². The minimum absolute atomic E-state index is 0.771. The van der Waals surface area contributed by atoms with Gasteiger partial charge in [-0.1, -0.05) is 13.0 Å². The Morgan fingerprint density at radius 3 is 2.83 bits per heavy atom. The maximum Gasteiger partial charge on any atom is 0.109 e. The highest BCUT2D eigenvalue weighted by Gasteiger charge is 2.09. The molecule has 18 heavy (non-hydrogen) atoms. The van der Waals surface area contributed by atoms with Crippen LogP contribution in [0.2, 0.25) is 0 Å². The fourth-order valence-electron chi connectivity index (χ4n) is 2.38. The first kappa shape index (κ1) is 13.1. The van der Waals surface area contributed by atoms with Crippen LogP contribution in [0.15, 0.2) is 18.2 Å². The van der Waals surface area contributed by atoms with E-state index in [2.05, 4.69) is 36.6 Å². The standard InChI is InChI=1S/C15H23N3/c1-3-10-18-14-8-7-12(2)11-13(14)17-15(18)6-4-5-9-16/h7-8,11H,3-6,9-10,16H2,1-2H3. The second-order valence-corrected chi connectivity index (χ2v) is 4.92. The van der Waals surface area contributed by atoms with Gasteiger partial charge in [0, 0.05) is 13.0 Å². The lowest BCUT2D eigenvalue weighted by atomic mass is 10.2. The molecule has 0 fully saturated rings. The molecule has 0 aliphatic heterocycles. The molecule has 2 rings (SSSR count). The predicted molar refractivity (Wildman–Crippen MR) is 76.8 cm³/mol. The van der Waals surface area contributed by atoms with Gasteiger partial charge in [-0.2, -0.15) is 0 Å². The van der Waals surface area contributed by atoms with Crippen molar-refractivity contribution in [3.05, 3.63) is 29.6 Å². The Bertz CT molecular complexity index is 514. The normalized spacial score (nSPS) is 11.3. The van der Waals surface area contributed by atoms with Crippen molar-refractivity contribution in [3.8, 4) is 0 Å². The second-order valence-electron chi connectivity index (χ2n) is 4.92. The highest BCUT2D eigenvalue weighted by Crippen LogP contribution is 2.19. The van der Waals surface area contributed by atoms with E-state index >= 15 is 0 Å². The summed E-state index contributed by atoms with van der Waals surface area (Å²) in [4.78, 5) is 4.79. The lowest BCUT2D eigenvalue weighted by Crippen LogP contribution is -2.05. The van der Waals surface area contributed by atoms with E-state index in [0.29, 0.717) is 0 Å². The first-order valence-electron chi connectivity index (χ1n) is 6.92. The summed E-state index contributed by atoms with van der Waals surface area (Å²) in [6, 6.07) is 6.54. The maximum atomic E-state index is 5.56. The number of hydrogen-bond acceptors (Lipinski definition) is 2. The minimum atomic E-state index is 0.771. The molecule has 1 aromatic heterocycles. The van der Waals surface area contributed by atoms with Crippen LogP contribution in [0.5, 0.6) is 0 Å². The molecule has 0 aliphatic carbocycles. The van der Waals surface area contributed by atoms with Crippen molar-refractivity contribution >= 4 is 11.0 Å². The van der Waals surface area contributed by atoms with Crippen LogP contribution < -0.4 is 5.73 Å². The van der Waals surface area contributed by atoms with Gasteiger partial charge in [0.2, 0.25) is 0 Å². The van der Waals surface area contributed by atoms with Gasteiger partial charge in [0.1, 0.15) is 5.82 Å². The quantitative estimate of drug-likeness (QED) is 0.795. The molecule has 3 nitrogen and oxygen atoms in total.